The van der Waals surface area contributed by atoms with Crippen molar-refractivity contribution in [1.82, 2.24) is 15.1 Å². The van der Waals surface area contributed by atoms with Gasteiger partial charge < -0.3 is 10.4 Å². The number of nitrogens with zero attached hydrogens (tertiary/aromatic N) is 2. The molecule has 19 heavy (non-hydrogen) atoms. The van der Waals surface area contributed by atoms with Gasteiger partial charge in [0.05, 0.1) is 17.9 Å². The molecule has 1 aromatic heterocycles. The van der Waals surface area contributed by atoms with E-state index in [9.17, 15) is 8.78 Å². The molecule has 0 bridgehead atoms. The highest BCUT2D eigenvalue weighted by atomic mass is 19.3. The zero-order chi connectivity index (χ0) is 13.7. The highest BCUT2D eigenvalue weighted by Gasteiger charge is 2.26. The lowest BCUT2D eigenvalue weighted by Gasteiger charge is -2.12. The van der Waals surface area contributed by atoms with Crippen molar-refractivity contribution in [1.29, 1.82) is 0 Å². The Morgan fingerprint density at radius 2 is 1.95 bits per heavy atom. The first-order valence-corrected chi connectivity index (χ1v) is 5.90. The molecular formula is C13H15F2N3O. The van der Waals surface area contributed by atoms with Crippen LogP contribution in [0.1, 0.15) is 5.69 Å². The summed E-state index contributed by atoms with van der Waals surface area (Å²) in [5.41, 5.74) is 1.58. The smallest absolute Gasteiger partial charge is 0.282 e. The molecule has 1 heterocycles. The summed E-state index contributed by atoms with van der Waals surface area (Å²) in [5.74, 6) is -3.10. The second-order valence-corrected chi connectivity index (χ2v) is 4.20. The van der Waals surface area contributed by atoms with E-state index in [1.807, 2.05) is 30.3 Å². The zero-order valence-electron chi connectivity index (χ0n) is 10.3. The molecule has 0 aliphatic rings. The van der Waals surface area contributed by atoms with Crippen LogP contribution in [-0.4, -0.2) is 34.0 Å². The van der Waals surface area contributed by atoms with Crippen LogP contribution in [0.3, 0.4) is 0 Å². The molecule has 0 fully saturated rings. The number of aliphatic hydroxyl groups is 1. The molecule has 0 amide bonds. The first-order chi connectivity index (χ1) is 9.11. The van der Waals surface area contributed by atoms with Crippen LogP contribution in [-0.2, 0) is 6.54 Å². The van der Waals surface area contributed by atoms with Crippen LogP contribution in [0.5, 0.6) is 0 Å². The molecule has 1 aromatic carbocycles. The molecule has 0 aliphatic heterocycles. The van der Waals surface area contributed by atoms with Gasteiger partial charge in [-0.3, -0.25) is 0 Å². The Kier molecular flexibility index (Phi) is 4.24. The Bertz CT molecular complexity index is 514. The van der Waals surface area contributed by atoms with Gasteiger partial charge in [0, 0.05) is 12.7 Å². The number of hydrogen-bond donors (Lipinski definition) is 2. The van der Waals surface area contributed by atoms with Crippen LogP contribution in [0.25, 0.3) is 5.69 Å². The van der Waals surface area contributed by atoms with Crippen molar-refractivity contribution in [2.45, 2.75) is 12.5 Å². The van der Waals surface area contributed by atoms with Crippen molar-refractivity contribution in [2.24, 2.45) is 0 Å². The number of nitrogens with one attached hydrogen (secondary N) is 1. The van der Waals surface area contributed by atoms with Crippen molar-refractivity contribution in [2.75, 3.05) is 13.2 Å². The van der Waals surface area contributed by atoms with E-state index in [2.05, 4.69) is 10.4 Å². The number of benzene rings is 1. The van der Waals surface area contributed by atoms with Gasteiger partial charge in [-0.1, -0.05) is 18.2 Å². The van der Waals surface area contributed by atoms with E-state index >= 15 is 0 Å². The van der Waals surface area contributed by atoms with Crippen molar-refractivity contribution in [3.8, 4) is 5.69 Å². The number of para-hydroxylation sites is 1. The van der Waals surface area contributed by atoms with Gasteiger partial charge in [-0.15, -0.1) is 0 Å². The third-order valence-corrected chi connectivity index (χ3v) is 2.59. The van der Waals surface area contributed by atoms with Crippen LogP contribution < -0.4 is 5.32 Å². The summed E-state index contributed by atoms with van der Waals surface area (Å²) in [6.07, 6.45) is 1.77. The molecule has 2 rings (SSSR count). The summed E-state index contributed by atoms with van der Waals surface area (Å²) in [6.45, 7) is -1.49. The average Bonchev–Trinajstić information content (AvgIpc) is 2.88. The molecule has 0 aliphatic carbocycles. The summed E-state index contributed by atoms with van der Waals surface area (Å²) in [7, 11) is 0. The number of rotatable bonds is 6. The quantitative estimate of drug-likeness (QED) is 0.835. The maximum atomic E-state index is 12.8. The molecule has 2 aromatic rings. The molecule has 0 saturated carbocycles. The summed E-state index contributed by atoms with van der Waals surface area (Å²) >= 11 is 0. The van der Waals surface area contributed by atoms with Gasteiger partial charge in [-0.2, -0.15) is 5.10 Å². The SMILES string of the molecule is OCC(F)(F)CNCc1ccn(-c2ccccc2)n1. The van der Waals surface area contributed by atoms with Gasteiger partial charge in [-0.25, -0.2) is 13.5 Å². The number of halogens is 2. The summed E-state index contributed by atoms with van der Waals surface area (Å²) in [5, 5.41) is 15.3. The van der Waals surface area contributed by atoms with E-state index in [0.29, 0.717) is 5.69 Å². The fourth-order valence-electron chi connectivity index (χ4n) is 1.61. The Hall–Kier alpha value is -1.79. The molecule has 0 atom stereocenters. The standard InChI is InChI=1S/C13H15F2N3O/c14-13(15,10-19)9-16-8-11-6-7-18(17-11)12-4-2-1-3-5-12/h1-7,16,19H,8-10H2. The Morgan fingerprint density at radius 3 is 2.63 bits per heavy atom. The van der Waals surface area contributed by atoms with Gasteiger partial charge >= 0.3 is 0 Å². The largest absolute Gasteiger partial charge is 0.390 e. The van der Waals surface area contributed by atoms with Crippen molar-refractivity contribution >= 4 is 0 Å². The Morgan fingerprint density at radius 1 is 1.21 bits per heavy atom. The van der Waals surface area contributed by atoms with Crippen molar-refractivity contribution < 1.29 is 13.9 Å². The van der Waals surface area contributed by atoms with Gasteiger partial charge in [-0.05, 0) is 18.2 Å². The highest BCUT2D eigenvalue weighted by Crippen LogP contribution is 2.10. The third-order valence-electron chi connectivity index (χ3n) is 2.59. The first-order valence-electron chi connectivity index (χ1n) is 5.90. The van der Waals surface area contributed by atoms with Crippen LogP contribution >= 0.6 is 0 Å². The lowest BCUT2D eigenvalue weighted by atomic mass is 10.3. The van der Waals surface area contributed by atoms with E-state index in [1.54, 1.807) is 16.9 Å². The zero-order valence-corrected chi connectivity index (χ0v) is 10.3. The molecule has 0 radical (unpaired) electrons. The Balaban J connectivity index is 1.92. The summed E-state index contributed by atoms with van der Waals surface area (Å²) < 4.78 is 27.3. The predicted molar refractivity (Wildman–Crippen MR) is 67.3 cm³/mol. The van der Waals surface area contributed by atoms with Crippen molar-refractivity contribution in [3.05, 3.63) is 48.3 Å². The van der Waals surface area contributed by atoms with Gasteiger partial charge in [0.2, 0.25) is 0 Å². The fourth-order valence-corrected chi connectivity index (χ4v) is 1.61. The minimum Gasteiger partial charge on any atom is -0.390 e. The highest BCUT2D eigenvalue weighted by molar-refractivity contribution is 5.30. The topological polar surface area (TPSA) is 50.1 Å². The van der Waals surface area contributed by atoms with Crippen LogP contribution in [0.15, 0.2) is 42.6 Å². The van der Waals surface area contributed by atoms with Gasteiger partial charge in [0.1, 0.15) is 6.61 Å². The average molecular weight is 267 g/mol. The second-order valence-electron chi connectivity index (χ2n) is 4.20. The monoisotopic (exact) mass is 267 g/mol. The summed E-state index contributed by atoms with van der Waals surface area (Å²) in [4.78, 5) is 0. The normalized spacial score (nSPS) is 11.7. The minimum absolute atomic E-state index is 0.232. The van der Waals surface area contributed by atoms with Crippen LogP contribution in [0, 0.1) is 0 Å². The van der Waals surface area contributed by atoms with E-state index in [0.717, 1.165) is 5.69 Å². The minimum atomic E-state index is -3.10. The molecule has 0 spiro atoms. The molecule has 4 nitrogen and oxygen atoms in total. The maximum Gasteiger partial charge on any atom is 0.282 e. The first kappa shape index (κ1) is 13.6. The second kappa shape index (κ2) is 5.90. The molecule has 102 valence electrons. The van der Waals surface area contributed by atoms with Crippen LogP contribution in [0.4, 0.5) is 8.78 Å². The van der Waals surface area contributed by atoms with E-state index in [-0.39, 0.29) is 6.54 Å². The number of hydrogen-bond acceptors (Lipinski definition) is 3. The maximum absolute atomic E-state index is 12.8. The van der Waals surface area contributed by atoms with E-state index in [1.165, 1.54) is 0 Å². The third kappa shape index (κ3) is 3.84. The van der Waals surface area contributed by atoms with Gasteiger partial charge in [0.25, 0.3) is 5.92 Å². The van der Waals surface area contributed by atoms with E-state index < -0.39 is 19.1 Å². The number of aromatic nitrogens is 2. The molecular weight excluding hydrogens is 252 g/mol. The van der Waals surface area contributed by atoms with Crippen molar-refractivity contribution in [3.63, 3.8) is 0 Å². The van der Waals surface area contributed by atoms with Crippen LogP contribution in [0.2, 0.25) is 0 Å². The number of alkyl halides is 2. The molecule has 2 N–H and O–H groups in total. The molecule has 0 saturated heterocycles. The number of aliphatic hydroxyl groups excluding tert-OH is 1. The lowest BCUT2D eigenvalue weighted by molar-refractivity contribution is -0.0478. The van der Waals surface area contributed by atoms with E-state index in [4.69, 9.17) is 5.11 Å². The lowest BCUT2D eigenvalue weighted by Crippen LogP contribution is -2.35. The Labute approximate surface area is 109 Å². The molecule has 0 unspecified atom stereocenters. The summed E-state index contributed by atoms with van der Waals surface area (Å²) in [6, 6.07) is 11.3. The predicted octanol–water partition coefficient (Wildman–Crippen LogP) is 1.59. The molecule has 6 heteroatoms. The van der Waals surface area contributed by atoms with Gasteiger partial charge in [0.15, 0.2) is 0 Å². The fraction of sp³-hybridized carbons (Fsp3) is 0.308.